The quantitative estimate of drug-likeness (QED) is 0.474. The van der Waals surface area contributed by atoms with Gasteiger partial charge < -0.3 is 5.32 Å². The summed E-state index contributed by atoms with van der Waals surface area (Å²) in [6.45, 7) is 0.128. The summed E-state index contributed by atoms with van der Waals surface area (Å²) in [6.07, 6.45) is 3.13. The van der Waals surface area contributed by atoms with Gasteiger partial charge in [-0.1, -0.05) is 12.1 Å². The molecule has 0 fully saturated rings. The highest BCUT2D eigenvalue weighted by Gasteiger charge is 2.40. The van der Waals surface area contributed by atoms with Crippen LogP contribution in [0.1, 0.15) is 32.7 Å². The summed E-state index contributed by atoms with van der Waals surface area (Å²) < 4.78 is 0. The molecule has 0 atom stereocenters. The van der Waals surface area contributed by atoms with Crippen LogP contribution in [0.4, 0.5) is 5.69 Å². The minimum absolute atomic E-state index is 0.0139. The summed E-state index contributed by atoms with van der Waals surface area (Å²) >= 11 is 0. The summed E-state index contributed by atoms with van der Waals surface area (Å²) in [7, 11) is 0. The summed E-state index contributed by atoms with van der Waals surface area (Å²) in [6, 6.07) is 7.44. The van der Waals surface area contributed by atoms with Crippen LogP contribution < -0.4 is 5.32 Å². The van der Waals surface area contributed by atoms with Gasteiger partial charge in [-0.05, 0) is 17.7 Å². The molecule has 0 spiro atoms. The molecule has 3 amide bonds. The Morgan fingerprint density at radius 2 is 2.00 bits per heavy atom. The maximum absolute atomic E-state index is 12.4. The number of benzene rings is 1. The van der Waals surface area contributed by atoms with E-state index in [1.165, 1.54) is 18.2 Å². The minimum atomic E-state index is -0.752. The average molecular weight is 354 g/mol. The molecule has 9 heteroatoms. The molecule has 0 saturated heterocycles. The van der Waals surface area contributed by atoms with Crippen LogP contribution in [0, 0.1) is 10.1 Å². The molecule has 3 rings (SSSR count). The van der Waals surface area contributed by atoms with Gasteiger partial charge in [0.15, 0.2) is 0 Å². The zero-order valence-corrected chi connectivity index (χ0v) is 13.5. The number of nitrogens with one attached hydrogen (secondary N) is 1. The van der Waals surface area contributed by atoms with Crippen molar-refractivity contribution in [3.05, 3.63) is 69.5 Å². The zero-order chi connectivity index (χ0) is 18.7. The Kier molecular flexibility index (Phi) is 4.70. The van der Waals surface area contributed by atoms with Crippen LogP contribution in [-0.4, -0.2) is 39.1 Å². The Hall–Kier alpha value is -3.62. The lowest BCUT2D eigenvalue weighted by Gasteiger charge is -2.13. The molecule has 1 aliphatic heterocycles. The van der Waals surface area contributed by atoms with Gasteiger partial charge in [-0.25, -0.2) is 0 Å². The number of fused-ring (bicyclic) bond motifs is 1. The Bertz CT molecular complexity index is 897. The molecule has 26 heavy (non-hydrogen) atoms. The number of hydrogen-bond donors (Lipinski definition) is 1. The molecule has 1 aliphatic rings. The van der Waals surface area contributed by atoms with Crippen LogP contribution in [0.3, 0.4) is 0 Å². The molecular weight excluding hydrogens is 340 g/mol. The lowest BCUT2D eigenvalue weighted by atomic mass is 10.1. The van der Waals surface area contributed by atoms with Gasteiger partial charge in [0.1, 0.15) is 5.56 Å². The van der Waals surface area contributed by atoms with Crippen molar-refractivity contribution in [3.63, 3.8) is 0 Å². The van der Waals surface area contributed by atoms with Crippen molar-refractivity contribution >= 4 is 23.4 Å². The predicted molar refractivity (Wildman–Crippen MR) is 89.2 cm³/mol. The largest absolute Gasteiger partial charge is 0.352 e. The number of nitrogens with zero attached hydrogens (tertiary/aromatic N) is 3. The summed E-state index contributed by atoms with van der Waals surface area (Å²) in [5, 5.41) is 13.7. The van der Waals surface area contributed by atoms with Crippen LogP contribution >= 0.6 is 0 Å². The molecule has 9 nitrogen and oxygen atoms in total. The van der Waals surface area contributed by atoms with Crippen LogP contribution in [0.5, 0.6) is 0 Å². The third kappa shape index (κ3) is 3.27. The Balaban J connectivity index is 1.63. The summed E-state index contributed by atoms with van der Waals surface area (Å²) in [4.78, 5) is 51.8. The first-order chi connectivity index (χ1) is 12.5. The van der Waals surface area contributed by atoms with Gasteiger partial charge in [0.05, 0.1) is 10.5 Å². The van der Waals surface area contributed by atoms with Crippen molar-refractivity contribution in [1.29, 1.82) is 0 Å². The second-order valence-electron chi connectivity index (χ2n) is 5.61. The van der Waals surface area contributed by atoms with E-state index in [1.807, 2.05) is 0 Å². The zero-order valence-electron chi connectivity index (χ0n) is 13.5. The number of carbonyl (C=O) groups excluding carboxylic acids is 3. The van der Waals surface area contributed by atoms with E-state index < -0.39 is 22.4 Å². The van der Waals surface area contributed by atoms with E-state index in [4.69, 9.17) is 0 Å². The van der Waals surface area contributed by atoms with E-state index >= 15 is 0 Å². The lowest BCUT2D eigenvalue weighted by Crippen LogP contribution is -2.34. The smallest absolute Gasteiger partial charge is 0.282 e. The van der Waals surface area contributed by atoms with E-state index in [9.17, 15) is 24.5 Å². The highest BCUT2D eigenvalue weighted by Crippen LogP contribution is 2.30. The van der Waals surface area contributed by atoms with Crippen LogP contribution in [-0.2, 0) is 11.3 Å². The monoisotopic (exact) mass is 354 g/mol. The molecule has 0 bridgehead atoms. The third-order valence-corrected chi connectivity index (χ3v) is 3.95. The van der Waals surface area contributed by atoms with Crippen molar-refractivity contribution in [2.75, 3.05) is 6.54 Å². The highest BCUT2D eigenvalue weighted by molar-refractivity contribution is 6.23. The SMILES string of the molecule is O=C(CCN1C(=O)c2cccc([N+](=O)[O-])c2C1=O)NCc1cccnc1. The third-order valence-electron chi connectivity index (χ3n) is 3.95. The number of aromatic nitrogens is 1. The van der Waals surface area contributed by atoms with Crippen molar-refractivity contribution in [2.45, 2.75) is 13.0 Å². The van der Waals surface area contributed by atoms with Crippen LogP contribution in [0.2, 0.25) is 0 Å². The van der Waals surface area contributed by atoms with Crippen molar-refractivity contribution in [3.8, 4) is 0 Å². The minimum Gasteiger partial charge on any atom is -0.352 e. The molecule has 132 valence electrons. The van der Waals surface area contributed by atoms with Gasteiger partial charge >= 0.3 is 0 Å². The van der Waals surface area contributed by atoms with Gasteiger partial charge in [0, 0.05) is 38.0 Å². The Morgan fingerprint density at radius 1 is 1.19 bits per heavy atom. The first-order valence-electron chi connectivity index (χ1n) is 7.78. The molecule has 1 aromatic heterocycles. The Labute approximate surface area is 147 Å². The fourth-order valence-electron chi connectivity index (χ4n) is 2.68. The number of imide groups is 1. The van der Waals surface area contributed by atoms with Gasteiger partial charge in [-0.2, -0.15) is 0 Å². The topological polar surface area (TPSA) is 123 Å². The fraction of sp³-hybridized carbons (Fsp3) is 0.176. The van der Waals surface area contributed by atoms with Crippen LogP contribution in [0.15, 0.2) is 42.7 Å². The first kappa shape index (κ1) is 17.2. The number of rotatable bonds is 6. The van der Waals surface area contributed by atoms with Gasteiger partial charge in [0.25, 0.3) is 17.5 Å². The van der Waals surface area contributed by atoms with E-state index in [2.05, 4.69) is 10.3 Å². The predicted octanol–water partition coefficient (Wildman–Crippen LogP) is 1.29. The fourth-order valence-corrected chi connectivity index (χ4v) is 2.68. The number of nitro groups is 1. The normalized spacial score (nSPS) is 12.8. The number of carbonyl (C=O) groups is 3. The average Bonchev–Trinajstić information content (AvgIpc) is 2.89. The molecule has 2 heterocycles. The second-order valence-corrected chi connectivity index (χ2v) is 5.61. The van der Waals surface area contributed by atoms with Crippen LogP contribution in [0.25, 0.3) is 0 Å². The number of nitro benzene ring substituents is 1. The molecule has 1 aromatic carbocycles. The second kappa shape index (κ2) is 7.09. The molecule has 0 aliphatic carbocycles. The van der Waals surface area contributed by atoms with Gasteiger partial charge in [-0.15, -0.1) is 0 Å². The van der Waals surface area contributed by atoms with E-state index in [1.54, 1.807) is 24.5 Å². The summed E-state index contributed by atoms with van der Waals surface area (Å²) in [5.41, 5.74) is 0.167. The molecule has 1 N–H and O–H groups in total. The number of pyridine rings is 1. The molecular formula is C17H14N4O5. The molecule has 0 radical (unpaired) electrons. The standard InChI is InChI=1S/C17H14N4O5/c22-14(19-10-11-3-2-7-18-9-11)6-8-20-16(23)12-4-1-5-13(21(25)26)15(12)17(20)24/h1-5,7,9H,6,8,10H2,(H,19,22). The lowest BCUT2D eigenvalue weighted by molar-refractivity contribution is -0.385. The molecule has 0 saturated carbocycles. The molecule has 2 aromatic rings. The van der Waals surface area contributed by atoms with Gasteiger partial charge in [0.2, 0.25) is 5.91 Å². The maximum atomic E-state index is 12.4. The van der Waals surface area contributed by atoms with Crippen molar-refractivity contribution in [2.24, 2.45) is 0 Å². The van der Waals surface area contributed by atoms with Gasteiger partial charge in [-0.3, -0.25) is 34.4 Å². The maximum Gasteiger partial charge on any atom is 0.282 e. The van der Waals surface area contributed by atoms with E-state index in [-0.39, 0.29) is 36.5 Å². The van der Waals surface area contributed by atoms with E-state index in [0.29, 0.717) is 0 Å². The van der Waals surface area contributed by atoms with E-state index in [0.717, 1.165) is 10.5 Å². The Morgan fingerprint density at radius 3 is 2.69 bits per heavy atom. The molecule has 0 unspecified atom stereocenters. The number of hydrogen-bond acceptors (Lipinski definition) is 6. The van der Waals surface area contributed by atoms with Crippen molar-refractivity contribution < 1.29 is 19.3 Å². The first-order valence-corrected chi connectivity index (χ1v) is 7.78. The number of amides is 3. The summed E-state index contributed by atoms with van der Waals surface area (Å²) in [5.74, 6) is -1.73. The van der Waals surface area contributed by atoms with Crippen molar-refractivity contribution in [1.82, 2.24) is 15.2 Å². The highest BCUT2D eigenvalue weighted by atomic mass is 16.6.